The summed E-state index contributed by atoms with van der Waals surface area (Å²) in [5, 5.41) is 0. The van der Waals surface area contributed by atoms with Gasteiger partial charge in [-0.15, -0.1) is 11.8 Å². The third kappa shape index (κ3) is 3.79. The molecule has 1 rings (SSSR count). The fraction of sp³-hybridized carbons (Fsp3) is 0.300. The van der Waals surface area contributed by atoms with Gasteiger partial charge < -0.3 is 10.5 Å². The Morgan fingerprint density at radius 1 is 1.60 bits per heavy atom. The molecule has 0 aliphatic heterocycles. The van der Waals surface area contributed by atoms with Gasteiger partial charge in [-0.05, 0) is 25.1 Å². The molecule has 0 aromatic heterocycles. The van der Waals surface area contributed by atoms with Gasteiger partial charge in [0.1, 0.15) is 5.82 Å². The van der Waals surface area contributed by atoms with E-state index in [1.165, 1.54) is 6.07 Å². The molecule has 0 atom stereocenters. The number of anilines is 1. The fourth-order valence-corrected chi connectivity index (χ4v) is 1.69. The van der Waals surface area contributed by atoms with Gasteiger partial charge in [0.05, 0.1) is 12.4 Å². The summed E-state index contributed by atoms with van der Waals surface area (Å²) in [4.78, 5) is 11.4. The zero-order valence-electron chi connectivity index (χ0n) is 8.33. The number of ether oxygens (including phenoxy) is 1. The summed E-state index contributed by atoms with van der Waals surface area (Å²) in [5.74, 6) is -0.655. The lowest BCUT2D eigenvalue weighted by atomic mass is 10.3. The van der Waals surface area contributed by atoms with E-state index < -0.39 is 5.82 Å². The summed E-state index contributed by atoms with van der Waals surface area (Å²) in [6.07, 6.45) is 0. The Balaban J connectivity index is 2.54. The summed E-state index contributed by atoms with van der Waals surface area (Å²) >= 11 is 1.10. The molecule has 0 aliphatic rings. The monoisotopic (exact) mass is 229 g/mol. The minimum absolute atomic E-state index is 0.106. The minimum atomic E-state index is -0.413. The predicted molar refractivity (Wildman–Crippen MR) is 58.2 cm³/mol. The average molecular weight is 229 g/mol. The number of hydrogen-bond acceptors (Lipinski definition) is 4. The van der Waals surface area contributed by atoms with Crippen LogP contribution in [0.3, 0.4) is 0 Å². The largest absolute Gasteiger partial charge is 0.465 e. The van der Waals surface area contributed by atoms with E-state index in [9.17, 15) is 9.18 Å². The molecule has 1 aromatic carbocycles. The second-order valence-electron chi connectivity index (χ2n) is 2.78. The van der Waals surface area contributed by atoms with Crippen LogP contribution in [0, 0.1) is 5.82 Å². The number of halogens is 1. The van der Waals surface area contributed by atoms with E-state index in [2.05, 4.69) is 0 Å². The maximum Gasteiger partial charge on any atom is 0.316 e. The lowest BCUT2D eigenvalue weighted by Crippen LogP contribution is -2.06. The summed E-state index contributed by atoms with van der Waals surface area (Å²) in [5.41, 5.74) is 5.76. The molecule has 0 amide bonds. The lowest BCUT2D eigenvalue weighted by Gasteiger charge is -2.03. The summed E-state index contributed by atoms with van der Waals surface area (Å²) in [6, 6.07) is 4.37. The molecule has 15 heavy (non-hydrogen) atoms. The first-order valence-electron chi connectivity index (χ1n) is 4.47. The number of thioether (sulfide) groups is 1. The van der Waals surface area contributed by atoms with Crippen LogP contribution in [0.5, 0.6) is 0 Å². The topological polar surface area (TPSA) is 52.3 Å². The van der Waals surface area contributed by atoms with Gasteiger partial charge in [0.2, 0.25) is 0 Å². The zero-order valence-corrected chi connectivity index (χ0v) is 9.14. The molecular weight excluding hydrogens is 217 g/mol. The number of carbonyl (C=O) groups excluding carboxylic acids is 1. The molecule has 0 spiro atoms. The SMILES string of the molecule is CCOC(=O)CSc1ccc(N)cc1F. The number of rotatable bonds is 4. The van der Waals surface area contributed by atoms with Gasteiger partial charge in [0, 0.05) is 10.6 Å². The number of esters is 1. The maximum absolute atomic E-state index is 13.2. The van der Waals surface area contributed by atoms with Crippen molar-refractivity contribution in [1.82, 2.24) is 0 Å². The van der Waals surface area contributed by atoms with Gasteiger partial charge in [-0.2, -0.15) is 0 Å². The molecule has 0 bridgehead atoms. The highest BCUT2D eigenvalue weighted by atomic mass is 32.2. The van der Waals surface area contributed by atoms with E-state index in [4.69, 9.17) is 10.5 Å². The van der Waals surface area contributed by atoms with Crippen LogP contribution >= 0.6 is 11.8 Å². The van der Waals surface area contributed by atoms with Crippen molar-refractivity contribution in [3.05, 3.63) is 24.0 Å². The Morgan fingerprint density at radius 3 is 2.93 bits per heavy atom. The first-order chi connectivity index (χ1) is 7.13. The van der Waals surface area contributed by atoms with Crippen LogP contribution in [0.25, 0.3) is 0 Å². The van der Waals surface area contributed by atoms with Crippen LogP contribution in [0.2, 0.25) is 0 Å². The molecule has 0 aliphatic carbocycles. The van der Waals surface area contributed by atoms with Crippen LogP contribution in [0.15, 0.2) is 23.1 Å². The molecule has 0 saturated heterocycles. The lowest BCUT2D eigenvalue weighted by molar-refractivity contribution is -0.139. The predicted octanol–water partition coefficient (Wildman–Crippen LogP) is 2.06. The Kier molecular flexibility index (Phi) is 4.42. The van der Waals surface area contributed by atoms with E-state index >= 15 is 0 Å². The van der Waals surface area contributed by atoms with Gasteiger partial charge in [-0.3, -0.25) is 4.79 Å². The Hall–Kier alpha value is -1.23. The van der Waals surface area contributed by atoms with Crippen molar-refractivity contribution in [1.29, 1.82) is 0 Å². The molecule has 2 N–H and O–H groups in total. The Labute approximate surface area is 91.8 Å². The Morgan fingerprint density at radius 2 is 2.33 bits per heavy atom. The van der Waals surface area contributed by atoms with E-state index in [0.717, 1.165) is 11.8 Å². The highest BCUT2D eigenvalue weighted by Gasteiger charge is 2.07. The molecule has 82 valence electrons. The maximum atomic E-state index is 13.2. The quantitative estimate of drug-likeness (QED) is 0.488. The van der Waals surface area contributed by atoms with Crippen molar-refractivity contribution >= 4 is 23.4 Å². The summed E-state index contributed by atoms with van der Waals surface area (Å²) < 4.78 is 18.0. The molecule has 3 nitrogen and oxygen atoms in total. The standard InChI is InChI=1S/C10H12FNO2S/c1-2-14-10(13)6-15-9-4-3-7(12)5-8(9)11/h3-5H,2,6,12H2,1H3. The number of nitrogen functional groups attached to an aromatic ring is 1. The van der Waals surface area contributed by atoms with Crippen LogP contribution in [0.4, 0.5) is 10.1 Å². The molecule has 0 saturated carbocycles. The van der Waals surface area contributed by atoms with Crippen molar-refractivity contribution in [3.63, 3.8) is 0 Å². The van der Waals surface area contributed by atoms with Gasteiger partial charge in [-0.25, -0.2) is 4.39 Å². The minimum Gasteiger partial charge on any atom is -0.465 e. The van der Waals surface area contributed by atoms with Crippen molar-refractivity contribution < 1.29 is 13.9 Å². The van der Waals surface area contributed by atoms with E-state index in [0.29, 0.717) is 17.2 Å². The van der Waals surface area contributed by atoms with Gasteiger partial charge >= 0.3 is 5.97 Å². The Bertz CT molecular complexity index is 357. The third-order valence-corrected chi connectivity index (χ3v) is 2.63. The number of nitrogens with two attached hydrogens (primary N) is 1. The third-order valence-electron chi connectivity index (χ3n) is 1.61. The smallest absolute Gasteiger partial charge is 0.316 e. The van der Waals surface area contributed by atoms with Gasteiger partial charge in [0.15, 0.2) is 0 Å². The van der Waals surface area contributed by atoms with Gasteiger partial charge in [0.25, 0.3) is 0 Å². The zero-order chi connectivity index (χ0) is 11.3. The van der Waals surface area contributed by atoms with Crippen LogP contribution < -0.4 is 5.73 Å². The highest BCUT2D eigenvalue weighted by molar-refractivity contribution is 8.00. The van der Waals surface area contributed by atoms with E-state index in [-0.39, 0.29) is 11.7 Å². The normalized spacial score (nSPS) is 10.0. The first kappa shape index (κ1) is 11.8. The number of carbonyl (C=O) groups is 1. The van der Waals surface area contributed by atoms with E-state index in [1.807, 2.05) is 0 Å². The molecule has 0 unspecified atom stereocenters. The van der Waals surface area contributed by atoms with Gasteiger partial charge in [-0.1, -0.05) is 0 Å². The second-order valence-corrected chi connectivity index (χ2v) is 3.80. The van der Waals surface area contributed by atoms with E-state index in [1.54, 1.807) is 19.1 Å². The molecule has 0 fully saturated rings. The molecule has 1 aromatic rings. The number of benzene rings is 1. The van der Waals surface area contributed by atoms with Crippen LogP contribution in [0.1, 0.15) is 6.92 Å². The summed E-state index contributed by atoms with van der Waals surface area (Å²) in [6.45, 7) is 2.07. The molecule has 0 radical (unpaired) electrons. The van der Waals surface area contributed by atoms with Crippen LogP contribution in [-0.4, -0.2) is 18.3 Å². The highest BCUT2D eigenvalue weighted by Crippen LogP contribution is 2.23. The van der Waals surface area contributed by atoms with Crippen LogP contribution in [-0.2, 0) is 9.53 Å². The average Bonchev–Trinajstić information content (AvgIpc) is 2.17. The molecule has 0 heterocycles. The first-order valence-corrected chi connectivity index (χ1v) is 5.45. The second kappa shape index (κ2) is 5.60. The molecular formula is C10H12FNO2S. The van der Waals surface area contributed by atoms with Crippen molar-refractivity contribution in [2.75, 3.05) is 18.1 Å². The number of hydrogen-bond donors (Lipinski definition) is 1. The fourth-order valence-electron chi connectivity index (χ4n) is 0.973. The van der Waals surface area contributed by atoms with Crippen molar-refractivity contribution in [3.8, 4) is 0 Å². The van der Waals surface area contributed by atoms with Crippen molar-refractivity contribution in [2.45, 2.75) is 11.8 Å². The molecule has 5 heteroatoms. The summed E-state index contributed by atoms with van der Waals surface area (Å²) in [7, 11) is 0. The van der Waals surface area contributed by atoms with Crippen molar-refractivity contribution in [2.24, 2.45) is 0 Å².